The van der Waals surface area contributed by atoms with Crippen LogP contribution in [-0.4, -0.2) is 31.6 Å². The van der Waals surface area contributed by atoms with Crippen molar-refractivity contribution in [2.75, 3.05) is 19.0 Å². The van der Waals surface area contributed by atoms with Crippen molar-refractivity contribution in [1.82, 2.24) is 5.32 Å². The summed E-state index contributed by atoms with van der Waals surface area (Å²) in [4.78, 5) is 23.5. The van der Waals surface area contributed by atoms with Gasteiger partial charge in [0.15, 0.2) is 0 Å². The van der Waals surface area contributed by atoms with Gasteiger partial charge in [0.25, 0.3) is 0 Å². The zero-order valence-electron chi connectivity index (χ0n) is 12.7. The van der Waals surface area contributed by atoms with E-state index in [2.05, 4.69) is 10.6 Å². The highest BCUT2D eigenvalue weighted by atomic mass is 35.5. The smallest absolute Gasteiger partial charge is 0.323 e. The number of benzene rings is 1. The van der Waals surface area contributed by atoms with E-state index in [1.54, 1.807) is 18.2 Å². The van der Waals surface area contributed by atoms with Crippen molar-refractivity contribution in [2.45, 2.75) is 26.8 Å². The predicted molar refractivity (Wildman–Crippen MR) is 83.5 cm³/mol. The molecule has 1 aromatic rings. The molecule has 1 rings (SSSR count). The van der Waals surface area contributed by atoms with Crippen molar-refractivity contribution in [3.8, 4) is 0 Å². The van der Waals surface area contributed by atoms with Crippen molar-refractivity contribution in [2.24, 2.45) is 5.92 Å². The molecule has 0 fully saturated rings. The summed E-state index contributed by atoms with van der Waals surface area (Å²) in [6.45, 7) is 5.61. The lowest BCUT2D eigenvalue weighted by molar-refractivity contribution is -0.144. The van der Waals surface area contributed by atoms with Crippen molar-refractivity contribution < 1.29 is 14.3 Å². The van der Waals surface area contributed by atoms with Crippen LogP contribution in [0.3, 0.4) is 0 Å². The van der Waals surface area contributed by atoms with Gasteiger partial charge in [-0.2, -0.15) is 0 Å². The molecule has 6 heteroatoms. The fourth-order valence-electron chi connectivity index (χ4n) is 1.86. The molecule has 1 atom stereocenters. The molecule has 0 bridgehead atoms. The minimum absolute atomic E-state index is 0.0178. The monoisotopic (exact) mass is 312 g/mol. The molecule has 1 amide bonds. The number of ether oxygens (including phenoxy) is 1. The number of esters is 1. The first-order valence-electron chi connectivity index (χ1n) is 6.73. The molecule has 0 radical (unpaired) electrons. The molecular formula is C15H21ClN2O3. The molecule has 0 spiro atoms. The van der Waals surface area contributed by atoms with Crippen molar-refractivity contribution in [3.05, 3.63) is 28.8 Å². The summed E-state index contributed by atoms with van der Waals surface area (Å²) in [5.74, 6) is -0.593. The Morgan fingerprint density at radius 1 is 1.33 bits per heavy atom. The number of carbonyl (C=O) groups excluding carboxylic acids is 2. The molecular weight excluding hydrogens is 292 g/mol. The van der Waals surface area contributed by atoms with Gasteiger partial charge in [-0.1, -0.05) is 31.5 Å². The van der Waals surface area contributed by atoms with Crippen LogP contribution in [0.15, 0.2) is 18.2 Å². The van der Waals surface area contributed by atoms with E-state index in [0.717, 1.165) is 5.56 Å². The van der Waals surface area contributed by atoms with E-state index in [1.807, 2.05) is 20.8 Å². The molecule has 0 saturated heterocycles. The summed E-state index contributed by atoms with van der Waals surface area (Å²) in [6.07, 6.45) is 0. The number of anilines is 1. The van der Waals surface area contributed by atoms with Gasteiger partial charge in [0, 0.05) is 10.7 Å². The molecule has 0 aliphatic carbocycles. The summed E-state index contributed by atoms with van der Waals surface area (Å²) in [6, 6.07) is 4.79. The van der Waals surface area contributed by atoms with Crippen LogP contribution in [0.4, 0.5) is 5.69 Å². The highest BCUT2D eigenvalue weighted by Crippen LogP contribution is 2.22. The second-order valence-corrected chi connectivity index (χ2v) is 5.49. The molecule has 0 aliphatic heterocycles. The van der Waals surface area contributed by atoms with E-state index < -0.39 is 6.04 Å². The predicted octanol–water partition coefficient (Wildman–Crippen LogP) is 2.37. The van der Waals surface area contributed by atoms with E-state index in [9.17, 15) is 9.59 Å². The molecule has 116 valence electrons. The van der Waals surface area contributed by atoms with Gasteiger partial charge in [0.05, 0.1) is 13.7 Å². The number of carbonyl (C=O) groups is 2. The van der Waals surface area contributed by atoms with Crippen LogP contribution in [-0.2, 0) is 14.3 Å². The molecule has 0 aromatic heterocycles. The first-order chi connectivity index (χ1) is 9.86. The molecule has 0 heterocycles. The lowest BCUT2D eigenvalue weighted by Crippen LogP contribution is -2.45. The van der Waals surface area contributed by atoms with Crippen molar-refractivity contribution in [3.63, 3.8) is 0 Å². The Morgan fingerprint density at radius 2 is 2.00 bits per heavy atom. The van der Waals surface area contributed by atoms with Crippen LogP contribution in [0.2, 0.25) is 5.02 Å². The third-order valence-electron chi connectivity index (χ3n) is 3.15. The number of amides is 1. The molecule has 2 N–H and O–H groups in total. The zero-order valence-corrected chi connectivity index (χ0v) is 13.5. The first-order valence-corrected chi connectivity index (χ1v) is 7.10. The van der Waals surface area contributed by atoms with Gasteiger partial charge in [0.2, 0.25) is 5.91 Å². The van der Waals surface area contributed by atoms with Gasteiger partial charge in [-0.05, 0) is 30.5 Å². The van der Waals surface area contributed by atoms with Crippen molar-refractivity contribution in [1.29, 1.82) is 0 Å². The van der Waals surface area contributed by atoms with Crippen LogP contribution in [0.5, 0.6) is 0 Å². The van der Waals surface area contributed by atoms with E-state index >= 15 is 0 Å². The Kier molecular flexibility index (Phi) is 6.65. The molecule has 5 nitrogen and oxygen atoms in total. The molecule has 0 aliphatic rings. The Labute approximate surface area is 130 Å². The number of nitrogens with one attached hydrogen (secondary N) is 2. The maximum atomic E-state index is 11.9. The maximum absolute atomic E-state index is 11.9. The lowest BCUT2D eigenvalue weighted by atomic mass is 10.0. The topological polar surface area (TPSA) is 67.4 Å². The van der Waals surface area contributed by atoms with E-state index in [-0.39, 0.29) is 24.3 Å². The molecule has 21 heavy (non-hydrogen) atoms. The fraction of sp³-hybridized carbons (Fsp3) is 0.467. The largest absolute Gasteiger partial charge is 0.468 e. The Balaban J connectivity index is 2.61. The Bertz CT molecular complexity index is 518. The quantitative estimate of drug-likeness (QED) is 0.791. The number of methoxy groups -OCH3 is 1. The molecule has 1 unspecified atom stereocenters. The molecule has 0 saturated carbocycles. The average molecular weight is 313 g/mol. The molecule has 1 aromatic carbocycles. The zero-order chi connectivity index (χ0) is 16.0. The number of hydrogen-bond donors (Lipinski definition) is 2. The summed E-state index contributed by atoms with van der Waals surface area (Å²) in [7, 11) is 1.33. The van der Waals surface area contributed by atoms with Crippen LogP contribution in [0, 0.1) is 12.8 Å². The third-order valence-corrected chi connectivity index (χ3v) is 3.56. The van der Waals surface area contributed by atoms with Crippen LogP contribution >= 0.6 is 11.6 Å². The fourth-order valence-corrected chi connectivity index (χ4v) is 2.03. The normalized spacial score (nSPS) is 12.1. The summed E-state index contributed by atoms with van der Waals surface area (Å²) in [5, 5.41) is 6.26. The first kappa shape index (κ1) is 17.5. The average Bonchev–Trinajstić information content (AvgIpc) is 2.43. The summed E-state index contributed by atoms with van der Waals surface area (Å²) in [5.41, 5.74) is 1.47. The minimum atomic E-state index is -0.513. The van der Waals surface area contributed by atoms with Gasteiger partial charge in [0.1, 0.15) is 6.04 Å². The van der Waals surface area contributed by atoms with Gasteiger partial charge in [-0.25, -0.2) is 0 Å². The second kappa shape index (κ2) is 8.00. The van der Waals surface area contributed by atoms with Gasteiger partial charge < -0.3 is 10.1 Å². The maximum Gasteiger partial charge on any atom is 0.323 e. The second-order valence-electron chi connectivity index (χ2n) is 5.09. The van der Waals surface area contributed by atoms with Crippen LogP contribution in [0.1, 0.15) is 19.4 Å². The van der Waals surface area contributed by atoms with Gasteiger partial charge in [-0.15, -0.1) is 0 Å². The van der Waals surface area contributed by atoms with E-state index in [1.165, 1.54) is 7.11 Å². The minimum Gasteiger partial charge on any atom is -0.468 e. The highest BCUT2D eigenvalue weighted by Gasteiger charge is 2.23. The van der Waals surface area contributed by atoms with Crippen molar-refractivity contribution >= 4 is 29.2 Å². The number of halogens is 1. The number of rotatable bonds is 6. The van der Waals surface area contributed by atoms with Crippen LogP contribution in [0.25, 0.3) is 0 Å². The standard InChI is InChI=1S/C15H21ClN2O3/c1-9(2)14(15(20)21-4)17-8-13(19)18-12-7-5-6-11(16)10(12)3/h5-7,9,14,17H,8H2,1-4H3,(H,18,19). The third kappa shape index (κ3) is 5.02. The van der Waals surface area contributed by atoms with Gasteiger partial charge in [-0.3, -0.25) is 14.9 Å². The van der Waals surface area contributed by atoms with E-state index in [4.69, 9.17) is 16.3 Å². The number of hydrogen-bond acceptors (Lipinski definition) is 4. The van der Waals surface area contributed by atoms with Crippen LogP contribution < -0.4 is 10.6 Å². The lowest BCUT2D eigenvalue weighted by Gasteiger charge is -2.19. The Morgan fingerprint density at radius 3 is 2.57 bits per heavy atom. The summed E-state index contributed by atoms with van der Waals surface area (Å²) < 4.78 is 4.71. The summed E-state index contributed by atoms with van der Waals surface area (Å²) >= 11 is 6.00. The van der Waals surface area contributed by atoms with Gasteiger partial charge >= 0.3 is 5.97 Å². The van der Waals surface area contributed by atoms with E-state index in [0.29, 0.717) is 10.7 Å². The Hall–Kier alpha value is -1.59. The SMILES string of the molecule is COC(=O)C(NCC(=O)Nc1cccc(Cl)c1C)C(C)C. The highest BCUT2D eigenvalue weighted by molar-refractivity contribution is 6.31.